The molecular weight excluding hydrogens is 388 g/mol. The van der Waals surface area contributed by atoms with Crippen LogP contribution in [0.2, 0.25) is 0 Å². The molecule has 0 bridgehead atoms. The van der Waals surface area contributed by atoms with E-state index in [1.165, 1.54) is 0 Å². The second kappa shape index (κ2) is 8.96. The highest BCUT2D eigenvalue weighted by molar-refractivity contribution is 6.19. The summed E-state index contributed by atoms with van der Waals surface area (Å²) in [7, 11) is 0. The molecule has 1 aromatic heterocycles. The lowest BCUT2D eigenvalue weighted by molar-refractivity contribution is -0.117. The van der Waals surface area contributed by atoms with Gasteiger partial charge in [0.25, 0.3) is 5.91 Å². The van der Waals surface area contributed by atoms with Crippen LogP contribution in [0.5, 0.6) is 0 Å². The third kappa shape index (κ3) is 4.62. The largest absolute Gasteiger partial charge is 0.398 e. The summed E-state index contributed by atoms with van der Waals surface area (Å²) in [5, 5.41) is 5.90. The van der Waals surface area contributed by atoms with Gasteiger partial charge in [0.15, 0.2) is 0 Å². The van der Waals surface area contributed by atoms with Crippen molar-refractivity contribution in [3.05, 3.63) is 114 Å². The molecular formula is C24H22N6O. The maximum Gasteiger partial charge on any atom is 0.269 e. The Morgan fingerprint density at radius 2 is 1.65 bits per heavy atom. The van der Waals surface area contributed by atoms with Gasteiger partial charge in [-0.25, -0.2) is 4.99 Å². The predicted octanol–water partition coefficient (Wildman–Crippen LogP) is 2.59. The molecule has 0 fully saturated rings. The number of hydrogen-bond donors (Lipinski definition) is 4. The molecule has 0 saturated carbocycles. The van der Waals surface area contributed by atoms with Crippen molar-refractivity contribution in [3.8, 4) is 0 Å². The molecule has 1 unspecified atom stereocenters. The Balaban J connectivity index is 1.64. The number of benzene rings is 2. The van der Waals surface area contributed by atoms with Crippen molar-refractivity contribution in [2.75, 3.05) is 5.32 Å². The number of nitrogens with two attached hydrogens (primary N) is 2. The van der Waals surface area contributed by atoms with Crippen LogP contribution in [0.4, 0.5) is 5.69 Å². The van der Waals surface area contributed by atoms with Gasteiger partial charge in [-0.3, -0.25) is 9.78 Å². The zero-order valence-electron chi connectivity index (χ0n) is 16.7. The van der Waals surface area contributed by atoms with Gasteiger partial charge in [-0.1, -0.05) is 48.5 Å². The molecule has 6 N–H and O–H groups in total. The number of carbonyl (C=O) groups is 1. The van der Waals surface area contributed by atoms with E-state index in [9.17, 15) is 4.79 Å². The molecule has 4 rings (SSSR count). The fourth-order valence-electron chi connectivity index (χ4n) is 3.21. The Bertz CT molecular complexity index is 1170. The standard InChI is InChI=1S/C24H22N6O/c25-19(16-12-14-27-15-13-16)10-11-21(26)29-23-24(31)28-20-9-5-4-8-18(20)22(30-23)17-6-2-1-3-7-17/h1-15,23,29H,25-26H2,(H,28,31)/b19-10-,21-11+. The average Bonchev–Trinajstić information content (AvgIpc) is 2.95. The average molecular weight is 410 g/mol. The van der Waals surface area contributed by atoms with Crippen molar-refractivity contribution in [2.24, 2.45) is 16.5 Å². The van der Waals surface area contributed by atoms with E-state index >= 15 is 0 Å². The minimum Gasteiger partial charge on any atom is -0.398 e. The molecule has 0 saturated heterocycles. The van der Waals surface area contributed by atoms with E-state index in [2.05, 4.69) is 15.6 Å². The van der Waals surface area contributed by atoms with Gasteiger partial charge in [0.2, 0.25) is 6.17 Å². The number of benzodiazepines with no additional fused rings is 1. The second-order valence-electron chi connectivity index (χ2n) is 6.91. The van der Waals surface area contributed by atoms with E-state index in [0.717, 1.165) is 16.7 Å². The SMILES string of the molecule is N/C(=C\C=C(/N)NC1N=C(c2ccccc2)c2ccccc2NC1=O)c1ccncc1. The highest BCUT2D eigenvalue weighted by Gasteiger charge is 2.25. The van der Waals surface area contributed by atoms with E-state index < -0.39 is 6.17 Å². The second-order valence-corrected chi connectivity index (χ2v) is 6.91. The molecule has 0 spiro atoms. The summed E-state index contributed by atoms with van der Waals surface area (Å²) in [4.78, 5) is 21.5. The van der Waals surface area contributed by atoms with E-state index in [4.69, 9.17) is 16.5 Å². The summed E-state index contributed by atoms with van der Waals surface area (Å²) >= 11 is 0. The normalized spacial score (nSPS) is 16.6. The van der Waals surface area contributed by atoms with Crippen LogP contribution in [0.25, 0.3) is 5.70 Å². The molecule has 1 atom stereocenters. The Morgan fingerprint density at radius 3 is 2.42 bits per heavy atom. The number of para-hydroxylation sites is 1. The van der Waals surface area contributed by atoms with Crippen LogP contribution in [0.15, 0.2) is 102 Å². The molecule has 7 heteroatoms. The topological polar surface area (TPSA) is 118 Å². The zero-order valence-corrected chi connectivity index (χ0v) is 16.7. The van der Waals surface area contributed by atoms with Crippen molar-refractivity contribution < 1.29 is 4.79 Å². The van der Waals surface area contributed by atoms with Crippen LogP contribution in [0.3, 0.4) is 0 Å². The van der Waals surface area contributed by atoms with Crippen LogP contribution in [-0.4, -0.2) is 22.8 Å². The molecule has 1 aliphatic heterocycles. The number of hydrogen-bond acceptors (Lipinski definition) is 6. The number of anilines is 1. The minimum absolute atomic E-state index is 0.263. The van der Waals surface area contributed by atoms with Crippen LogP contribution < -0.4 is 22.1 Å². The summed E-state index contributed by atoms with van der Waals surface area (Å²) in [6.07, 6.45) is 5.69. The molecule has 3 aromatic rings. The number of aromatic nitrogens is 1. The lowest BCUT2D eigenvalue weighted by Gasteiger charge is -2.14. The van der Waals surface area contributed by atoms with Gasteiger partial charge < -0.3 is 22.1 Å². The Labute approximate surface area is 180 Å². The molecule has 1 amide bonds. The number of pyridine rings is 1. The molecule has 154 valence electrons. The summed E-state index contributed by atoms with van der Waals surface area (Å²) in [5.41, 5.74) is 16.7. The van der Waals surface area contributed by atoms with Gasteiger partial charge in [0.05, 0.1) is 17.2 Å². The Morgan fingerprint density at radius 1 is 0.935 bits per heavy atom. The molecule has 0 radical (unpaired) electrons. The molecule has 0 aliphatic carbocycles. The summed E-state index contributed by atoms with van der Waals surface area (Å²) in [6.45, 7) is 0. The predicted molar refractivity (Wildman–Crippen MR) is 123 cm³/mol. The van der Waals surface area contributed by atoms with Gasteiger partial charge in [0.1, 0.15) is 0 Å². The first-order valence-electron chi connectivity index (χ1n) is 9.75. The van der Waals surface area contributed by atoms with Gasteiger partial charge in [-0.05, 0) is 30.4 Å². The maximum atomic E-state index is 12.8. The number of rotatable bonds is 5. The smallest absolute Gasteiger partial charge is 0.269 e. The number of nitrogens with zero attached hydrogens (tertiary/aromatic N) is 2. The number of nitrogens with one attached hydrogen (secondary N) is 2. The molecule has 7 nitrogen and oxygen atoms in total. The molecule has 2 heterocycles. The van der Waals surface area contributed by atoms with Crippen molar-refractivity contribution >= 4 is 23.0 Å². The Kier molecular flexibility index (Phi) is 5.75. The van der Waals surface area contributed by atoms with Gasteiger partial charge in [-0.15, -0.1) is 0 Å². The number of carbonyl (C=O) groups excluding carboxylic acids is 1. The highest BCUT2D eigenvalue weighted by atomic mass is 16.2. The first-order valence-corrected chi connectivity index (χ1v) is 9.75. The van der Waals surface area contributed by atoms with Crippen molar-refractivity contribution in [1.82, 2.24) is 10.3 Å². The molecule has 2 aromatic carbocycles. The first kappa shape index (κ1) is 19.9. The van der Waals surface area contributed by atoms with Crippen LogP contribution in [-0.2, 0) is 4.79 Å². The maximum absolute atomic E-state index is 12.8. The van der Waals surface area contributed by atoms with Crippen LogP contribution in [0.1, 0.15) is 16.7 Å². The molecule has 1 aliphatic rings. The fraction of sp³-hybridized carbons (Fsp3) is 0.0417. The first-order chi connectivity index (χ1) is 15.1. The van der Waals surface area contributed by atoms with E-state index in [1.807, 2.05) is 54.6 Å². The monoisotopic (exact) mass is 410 g/mol. The van der Waals surface area contributed by atoms with E-state index in [-0.39, 0.29) is 11.7 Å². The number of fused-ring (bicyclic) bond motifs is 1. The fourth-order valence-corrected chi connectivity index (χ4v) is 3.21. The van der Waals surface area contributed by atoms with Gasteiger partial charge >= 0.3 is 0 Å². The van der Waals surface area contributed by atoms with Crippen LogP contribution >= 0.6 is 0 Å². The number of amides is 1. The Hall–Kier alpha value is -4.39. The zero-order chi connectivity index (χ0) is 21.6. The quantitative estimate of drug-likeness (QED) is 0.482. The minimum atomic E-state index is -0.908. The van der Waals surface area contributed by atoms with E-state index in [0.29, 0.717) is 17.1 Å². The van der Waals surface area contributed by atoms with Crippen molar-refractivity contribution in [1.29, 1.82) is 0 Å². The van der Waals surface area contributed by atoms with Gasteiger partial charge in [-0.2, -0.15) is 0 Å². The summed E-state index contributed by atoms with van der Waals surface area (Å²) in [5.74, 6) is -0.0416. The third-order valence-corrected chi connectivity index (χ3v) is 4.75. The van der Waals surface area contributed by atoms with E-state index in [1.54, 1.807) is 36.7 Å². The molecule has 31 heavy (non-hydrogen) atoms. The summed E-state index contributed by atoms with van der Waals surface area (Å²) < 4.78 is 0. The lowest BCUT2D eigenvalue weighted by atomic mass is 10.0. The number of allylic oxidation sites excluding steroid dienone is 2. The van der Waals surface area contributed by atoms with Crippen molar-refractivity contribution in [2.45, 2.75) is 6.17 Å². The third-order valence-electron chi connectivity index (χ3n) is 4.75. The summed E-state index contributed by atoms with van der Waals surface area (Å²) in [6, 6.07) is 20.9. The van der Waals surface area contributed by atoms with Gasteiger partial charge in [0, 0.05) is 34.8 Å². The number of aliphatic imine (C=N–C) groups is 1. The highest BCUT2D eigenvalue weighted by Crippen LogP contribution is 2.23. The lowest BCUT2D eigenvalue weighted by Crippen LogP contribution is -2.40. The van der Waals surface area contributed by atoms with Crippen LogP contribution in [0, 0.1) is 0 Å². The van der Waals surface area contributed by atoms with Crippen molar-refractivity contribution in [3.63, 3.8) is 0 Å².